The minimum absolute atomic E-state index is 0.193. The van der Waals surface area contributed by atoms with Gasteiger partial charge in [0.05, 0.1) is 4.90 Å². The fraction of sp³-hybridized carbons (Fsp3) is 0.200. The Hall–Kier alpha value is -2.93. The second-order valence-corrected chi connectivity index (χ2v) is 8.79. The van der Waals surface area contributed by atoms with Crippen molar-refractivity contribution < 1.29 is 17.9 Å². The number of hydrogen-bond acceptors (Lipinski definition) is 5. The molecule has 0 N–H and O–H groups in total. The summed E-state index contributed by atoms with van der Waals surface area (Å²) >= 11 is 0. The number of fused-ring (bicyclic) bond motifs is 1. The topological polar surface area (TPSA) is 78.3 Å². The second-order valence-electron chi connectivity index (χ2n) is 6.98. The Morgan fingerprint density at radius 1 is 1.15 bits per heavy atom. The molecule has 0 unspecified atom stereocenters. The van der Waals surface area contributed by atoms with Gasteiger partial charge in [0.1, 0.15) is 5.60 Å². The van der Waals surface area contributed by atoms with E-state index in [0.717, 1.165) is 3.97 Å². The SMILES string of the molecule is CC(C)(C)OC(=O)C=Cc1cnc2c(ccn2S(=O)(=O)c2ccccc2)c1. The van der Waals surface area contributed by atoms with Crippen LogP contribution in [0.5, 0.6) is 0 Å². The molecule has 0 bridgehead atoms. The van der Waals surface area contributed by atoms with Crippen LogP contribution in [0, 0.1) is 0 Å². The first-order valence-electron chi connectivity index (χ1n) is 8.36. The maximum absolute atomic E-state index is 12.8. The summed E-state index contributed by atoms with van der Waals surface area (Å²) in [5, 5.41) is 0.654. The van der Waals surface area contributed by atoms with E-state index in [1.165, 1.54) is 18.5 Å². The third kappa shape index (κ3) is 4.25. The molecule has 0 radical (unpaired) electrons. The van der Waals surface area contributed by atoms with Gasteiger partial charge in [-0.2, -0.15) is 0 Å². The zero-order chi connectivity index (χ0) is 19.7. The minimum Gasteiger partial charge on any atom is -0.457 e. The average molecular weight is 384 g/mol. The number of esters is 1. The molecule has 0 aliphatic heterocycles. The van der Waals surface area contributed by atoms with Gasteiger partial charge in [-0.05, 0) is 56.7 Å². The van der Waals surface area contributed by atoms with E-state index in [9.17, 15) is 13.2 Å². The molecule has 27 heavy (non-hydrogen) atoms. The zero-order valence-electron chi connectivity index (χ0n) is 15.3. The van der Waals surface area contributed by atoms with Crippen molar-refractivity contribution in [1.82, 2.24) is 8.96 Å². The number of aromatic nitrogens is 2. The van der Waals surface area contributed by atoms with Gasteiger partial charge in [-0.15, -0.1) is 0 Å². The molecule has 0 fully saturated rings. The third-order valence-corrected chi connectivity index (χ3v) is 5.31. The van der Waals surface area contributed by atoms with Crippen molar-refractivity contribution in [3.63, 3.8) is 0 Å². The van der Waals surface area contributed by atoms with E-state index in [0.29, 0.717) is 16.6 Å². The van der Waals surface area contributed by atoms with Crippen LogP contribution in [0.2, 0.25) is 0 Å². The minimum atomic E-state index is -3.72. The highest BCUT2D eigenvalue weighted by molar-refractivity contribution is 7.90. The van der Waals surface area contributed by atoms with Crippen molar-refractivity contribution >= 4 is 33.1 Å². The van der Waals surface area contributed by atoms with Gasteiger partial charge in [0.25, 0.3) is 10.0 Å². The summed E-state index contributed by atoms with van der Waals surface area (Å²) in [6.45, 7) is 5.38. The maximum Gasteiger partial charge on any atom is 0.331 e. The van der Waals surface area contributed by atoms with Crippen LogP contribution in [0.4, 0.5) is 0 Å². The molecule has 0 spiro atoms. The van der Waals surface area contributed by atoms with Gasteiger partial charge in [0.2, 0.25) is 0 Å². The molecule has 0 aliphatic carbocycles. The monoisotopic (exact) mass is 384 g/mol. The van der Waals surface area contributed by atoms with E-state index < -0.39 is 21.6 Å². The lowest BCUT2D eigenvalue weighted by Crippen LogP contribution is -2.22. The smallest absolute Gasteiger partial charge is 0.331 e. The van der Waals surface area contributed by atoms with Crippen LogP contribution < -0.4 is 0 Å². The van der Waals surface area contributed by atoms with Gasteiger partial charge in [-0.1, -0.05) is 18.2 Å². The summed E-state index contributed by atoms with van der Waals surface area (Å²) < 4.78 is 31.9. The lowest BCUT2D eigenvalue weighted by molar-refractivity contribution is -0.148. The molecule has 3 aromatic rings. The van der Waals surface area contributed by atoms with Crippen LogP contribution in [0.1, 0.15) is 26.3 Å². The predicted octanol–water partition coefficient (Wildman–Crippen LogP) is 3.63. The normalized spacial score (nSPS) is 12.6. The highest BCUT2D eigenvalue weighted by atomic mass is 32.2. The lowest BCUT2D eigenvalue weighted by Gasteiger charge is -2.17. The fourth-order valence-corrected chi connectivity index (χ4v) is 3.84. The Labute approximate surface area is 158 Å². The van der Waals surface area contributed by atoms with Gasteiger partial charge in [-0.3, -0.25) is 0 Å². The van der Waals surface area contributed by atoms with E-state index in [2.05, 4.69) is 4.98 Å². The van der Waals surface area contributed by atoms with Gasteiger partial charge < -0.3 is 4.74 Å². The first-order valence-corrected chi connectivity index (χ1v) is 9.80. The zero-order valence-corrected chi connectivity index (χ0v) is 16.1. The number of ether oxygens (including phenoxy) is 1. The number of benzene rings is 1. The van der Waals surface area contributed by atoms with Gasteiger partial charge >= 0.3 is 5.97 Å². The Morgan fingerprint density at radius 3 is 2.52 bits per heavy atom. The molecule has 0 atom stereocenters. The molecule has 2 aromatic heterocycles. The van der Waals surface area contributed by atoms with Crippen molar-refractivity contribution in [3.8, 4) is 0 Å². The molecule has 0 saturated carbocycles. The molecule has 140 valence electrons. The second kappa shape index (κ2) is 7.00. The number of carbonyl (C=O) groups excluding carboxylic acids is 1. The number of hydrogen-bond donors (Lipinski definition) is 0. The Bertz CT molecular complexity index is 1110. The van der Waals surface area contributed by atoms with E-state index >= 15 is 0 Å². The lowest BCUT2D eigenvalue weighted by atomic mass is 10.2. The van der Waals surface area contributed by atoms with Crippen molar-refractivity contribution in [2.75, 3.05) is 0 Å². The number of rotatable bonds is 4. The maximum atomic E-state index is 12.8. The van der Waals surface area contributed by atoms with Crippen molar-refractivity contribution in [1.29, 1.82) is 0 Å². The number of carbonyl (C=O) groups is 1. The predicted molar refractivity (Wildman–Crippen MR) is 104 cm³/mol. The van der Waals surface area contributed by atoms with E-state index in [1.54, 1.807) is 69.3 Å². The molecular weight excluding hydrogens is 364 g/mol. The molecule has 0 amide bonds. The standard InChI is InChI=1S/C20H20N2O4S/c1-20(2,3)26-18(23)10-9-15-13-16-11-12-22(19(16)21-14-15)27(24,25)17-7-5-4-6-8-17/h4-14H,1-3H3. The third-order valence-electron chi connectivity index (χ3n) is 3.63. The van der Waals surface area contributed by atoms with Crippen LogP contribution in [-0.2, 0) is 19.6 Å². The molecule has 1 aromatic carbocycles. The van der Waals surface area contributed by atoms with Crippen LogP contribution in [0.15, 0.2) is 65.8 Å². The summed E-state index contributed by atoms with van der Waals surface area (Å²) in [5.41, 5.74) is 0.434. The summed E-state index contributed by atoms with van der Waals surface area (Å²) in [6, 6.07) is 11.6. The molecule has 2 heterocycles. The first kappa shape index (κ1) is 18.8. The molecular formula is C20H20N2O4S. The summed E-state index contributed by atoms with van der Waals surface area (Å²) in [7, 11) is -3.72. The van der Waals surface area contributed by atoms with Gasteiger partial charge in [0.15, 0.2) is 5.65 Å². The quantitative estimate of drug-likeness (QED) is 0.507. The molecule has 0 aliphatic rings. The molecule has 6 nitrogen and oxygen atoms in total. The number of nitrogens with zero attached hydrogens (tertiary/aromatic N) is 2. The largest absolute Gasteiger partial charge is 0.457 e. The Kier molecular flexibility index (Phi) is 4.89. The van der Waals surface area contributed by atoms with Crippen molar-refractivity contribution in [2.45, 2.75) is 31.3 Å². The molecule has 3 rings (SSSR count). The molecule has 0 saturated heterocycles. The van der Waals surface area contributed by atoms with E-state index in [1.807, 2.05) is 0 Å². The first-order chi connectivity index (χ1) is 12.7. The van der Waals surface area contributed by atoms with Crippen LogP contribution >= 0.6 is 0 Å². The number of pyridine rings is 1. The average Bonchev–Trinajstić information content (AvgIpc) is 3.03. The van der Waals surface area contributed by atoms with Gasteiger partial charge in [0, 0.05) is 23.9 Å². The highest BCUT2D eigenvalue weighted by Crippen LogP contribution is 2.21. The summed E-state index contributed by atoms with van der Waals surface area (Å²) in [6.07, 6.45) is 5.90. The Morgan fingerprint density at radius 2 is 1.85 bits per heavy atom. The van der Waals surface area contributed by atoms with E-state index in [-0.39, 0.29) is 4.90 Å². The van der Waals surface area contributed by atoms with Crippen molar-refractivity contribution in [2.24, 2.45) is 0 Å². The van der Waals surface area contributed by atoms with E-state index in [4.69, 9.17) is 4.74 Å². The molecule has 7 heteroatoms. The van der Waals surface area contributed by atoms with Crippen LogP contribution in [0.25, 0.3) is 17.1 Å². The van der Waals surface area contributed by atoms with Gasteiger partial charge in [-0.25, -0.2) is 22.2 Å². The fourth-order valence-electron chi connectivity index (χ4n) is 2.51. The Balaban J connectivity index is 1.91. The summed E-state index contributed by atoms with van der Waals surface area (Å²) in [4.78, 5) is 16.2. The van der Waals surface area contributed by atoms with Crippen molar-refractivity contribution in [3.05, 3.63) is 66.5 Å². The van der Waals surface area contributed by atoms with Crippen LogP contribution in [0.3, 0.4) is 0 Å². The van der Waals surface area contributed by atoms with Crippen LogP contribution in [-0.4, -0.2) is 28.9 Å². The highest BCUT2D eigenvalue weighted by Gasteiger charge is 2.19. The summed E-state index contributed by atoms with van der Waals surface area (Å²) in [5.74, 6) is -0.452.